The van der Waals surface area contributed by atoms with E-state index in [1.807, 2.05) is 12.1 Å². The Labute approximate surface area is 112 Å². The van der Waals surface area contributed by atoms with Gasteiger partial charge < -0.3 is 15.1 Å². The molecule has 98 valence electrons. The highest BCUT2D eigenvalue weighted by Crippen LogP contribution is 2.28. The number of hydrogen-bond acceptors (Lipinski definition) is 2. The molecule has 3 aromatic rings. The van der Waals surface area contributed by atoms with Gasteiger partial charge in [-0.05, 0) is 43.3 Å². The molecule has 1 atom stereocenters. The van der Waals surface area contributed by atoms with Crippen LogP contribution in [0.25, 0.3) is 10.9 Å². The van der Waals surface area contributed by atoms with Crippen molar-refractivity contribution >= 4 is 10.9 Å². The topological polar surface area (TPSA) is 55.0 Å². The molecular weight excluding hydrogens is 236 g/mol. The fraction of sp³-hybridized carbons (Fsp3) is 0.250. The predicted molar refractivity (Wildman–Crippen MR) is 77.2 cm³/mol. The number of furan rings is 1. The van der Waals surface area contributed by atoms with Gasteiger partial charge in [-0.15, -0.1) is 0 Å². The highest BCUT2D eigenvalue weighted by molar-refractivity contribution is 5.84. The molecule has 0 saturated carbocycles. The first-order chi connectivity index (χ1) is 9.28. The Kier molecular flexibility index (Phi) is 3.13. The molecule has 0 spiro atoms. The van der Waals surface area contributed by atoms with E-state index in [1.54, 1.807) is 6.26 Å². The van der Waals surface area contributed by atoms with Gasteiger partial charge in [0.05, 0.1) is 6.26 Å². The van der Waals surface area contributed by atoms with Crippen molar-refractivity contribution in [3.63, 3.8) is 0 Å². The van der Waals surface area contributed by atoms with Crippen molar-refractivity contribution in [3.8, 4) is 0 Å². The van der Waals surface area contributed by atoms with Crippen LogP contribution in [0.5, 0.6) is 0 Å². The molecule has 0 radical (unpaired) electrons. The summed E-state index contributed by atoms with van der Waals surface area (Å²) in [5, 5.41) is 1.27. The van der Waals surface area contributed by atoms with E-state index < -0.39 is 0 Å². The van der Waals surface area contributed by atoms with Gasteiger partial charge in [0.1, 0.15) is 5.76 Å². The molecule has 2 heterocycles. The number of aromatic nitrogens is 1. The number of nitrogens with two attached hydrogens (primary N) is 1. The third-order valence-corrected chi connectivity index (χ3v) is 3.62. The number of H-pyrrole nitrogens is 1. The molecule has 0 amide bonds. The molecule has 3 heteroatoms. The van der Waals surface area contributed by atoms with Crippen LogP contribution >= 0.6 is 0 Å². The summed E-state index contributed by atoms with van der Waals surface area (Å²) >= 11 is 0. The second-order valence-corrected chi connectivity index (χ2v) is 5.01. The summed E-state index contributed by atoms with van der Waals surface area (Å²) in [6.45, 7) is 2.72. The molecule has 0 bridgehead atoms. The highest BCUT2D eigenvalue weighted by Gasteiger charge is 2.16. The van der Waals surface area contributed by atoms with Gasteiger partial charge in [0.2, 0.25) is 0 Å². The van der Waals surface area contributed by atoms with E-state index in [9.17, 15) is 0 Å². The van der Waals surface area contributed by atoms with Gasteiger partial charge in [0.15, 0.2) is 0 Å². The highest BCUT2D eigenvalue weighted by atomic mass is 16.3. The van der Waals surface area contributed by atoms with Crippen molar-refractivity contribution in [2.45, 2.75) is 19.3 Å². The normalized spacial score (nSPS) is 12.9. The molecule has 0 aliphatic rings. The van der Waals surface area contributed by atoms with Crippen molar-refractivity contribution in [1.82, 2.24) is 4.98 Å². The lowest BCUT2D eigenvalue weighted by molar-refractivity contribution is 0.487. The van der Waals surface area contributed by atoms with Crippen LogP contribution in [0.15, 0.2) is 47.2 Å². The molecule has 0 aliphatic carbocycles. The molecule has 1 aromatic carbocycles. The van der Waals surface area contributed by atoms with E-state index >= 15 is 0 Å². The Hall–Kier alpha value is -2.00. The van der Waals surface area contributed by atoms with Gasteiger partial charge in [-0.1, -0.05) is 11.6 Å². The van der Waals surface area contributed by atoms with Crippen molar-refractivity contribution in [2.75, 3.05) is 6.54 Å². The van der Waals surface area contributed by atoms with E-state index in [1.165, 1.54) is 22.0 Å². The summed E-state index contributed by atoms with van der Waals surface area (Å²) in [6, 6.07) is 10.4. The van der Waals surface area contributed by atoms with E-state index in [2.05, 4.69) is 36.3 Å². The van der Waals surface area contributed by atoms with Crippen molar-refractivity contribution in [1.29, 1.82) is 0 Å². The van der Waals surface area contributed by atoms with Crippen molar-refractivity contribution in [2.24, 2.45) is 5.73 Å². The fourth-order valence-corrected chi connectivity index (χ4v) is 2.59. The Morgan fingerprint density at radius 2 is 2.21 bits per heavy atom. The Morgan fingerprint density at radius 3 is 2.95 bits per heavy atom. The van der Waals surface area contributed by atoms with Crippen LogP contribution < -0.4 is 5.73 Å². The molecule has 19 heavy (non-hydrogen) atoms. The summed E-state index contributed by atoms with van der Waals surface area (Å²) in [7, 11) is 0. The molecule has 0 saturated heterocycles. The van der Waals surface area contributed by atoms with Crippen LogP contribution in [-0.2, 0) is 6.42 Å². The number of nitrogens with one attached hydrogen (secondary N) is 1. The van der Waals surface area contributed by atoms with Crippen LogP contribution in [0.3, 0.4) is 0 Å². The van der Waals surface area contributed by atoms with E-state index in [4.69, 9.17) is 10.2 Å². The number of fused-ring (bicyclic) bond motifs is 1. The van der Waals surface area contributed by atoms with E-state index in [0.717, 1.165) is 12.2 Å². The third kappa shape index (κ3) is 2.29. The lowest BCUT2D eigenvalue weighted by atomic mass is 9.94. The standard InChI is InChI=1S/C16H18N2O/c1-11-4-5-16-14(7-11)15(10-18-16)12(9-17)8-13-3-2-6-19-13/h2-7,10,12,18H,8-9,17H2,1H3. The molecule has 3 rings (SSSR count). The Bertz CT molecular complexity index is 667. The van der Waals surface area contributed by atoms with E-state index in [-0.39, 0.29) is 5.92 Å². The lowest BCUT2D eigenvalue weighted by Crippen LogP contribution is -2.14. The summed E-state index contributed by atoms with van der Waals surface area (Å²) in [4.78, 5) is 3.32. The quantitative estimate of drug-likeness (QED) is 0.750. The van der Waals surface area contributed by atoms with Gasteiger partial charge in [-0.2, -0.15) is 0 Å². The summed E-state index contributed by atoms with van der Waals surface area (Å²) in [6.07, 6.45) is 4.62. The van der Waals surface area contributed by atoms with Gasteiger partial charge in [-0.25, -0.2) is 0 Å². The number of hydrogen-bond donors (Lipinski definition) is 2. The average molecular weight is 254 g/mol. The maximum atomic E-state index is 5.95. The van der Waals surface area contributed by atoms with Crippen molar-refractivity contribution < 1.29 is 4.42 Å². The van der Waals surface area contributed by atoms with Gasteiger partial charge >= 0.3 is 0 Å². The fourth-order valence-electron chi connectivity index (χ4n) is 2.59. The number of benzene rings is 1. The summed E-state index contributed by atoms with van der Waals surface area (Å²) in [5.41, 5.74) is 9.66. The van der Waals surface area contributed by atoms with Crippen LogP contribution in [0.1, 0.15) is 22.8 Å². The van der Waals surface area contributed by atoms with Crippen LogP contribution in [0, 0.1) is 6.92 Å². The Morgan fingerprint density at radius 1 is 1.32 bits per heavy atom. The second kappa shape index (κ2) is 4.94. The molecule has 1 unspecified atom stereocenters. The lowest BCUT2D eigenvalue weighted by Gasteiger charge is -2.12. The minimum Gasteiger partial charge on any atom is -0.469 e. The average Bonchev–Trinajstić information content (AvgIpc) is 3.04. The first-order valence-corrected chi connectivity index (χ1v) is 6.58. The minimum absolute atomic E-state index is 0.279. The van der Waals surface area contributed by atoms with Crippen LogP contribution in [0.4, 0.5) is 0 Å². The SMILES string of the molecule is Cc1ccc2[nH]cc(C(CN)Cc3ccco3)c2c1. The van der Waals surface area contributed by atoms with E-state index in [0.29, 0.717) is 6.54 Å². The smallest absolute Gasteiger partial charge is 0.104 e. The molecule has 3 N–H and O–H groups in total. The predicted octanol–water partition coefficient (Wildman–Crippen LogP) is 3.35. The van der Waals surface area contributed by atoms with Gasteiger partial charge in [0, 0.05) is 29.4 Å². The maximum Gasteiger partial charge on any atom is 0.104 e. The van der Waals surface area contributed by atoms with Crippen molar-refractivity contribution in [3.05, 3.63) is 59.7 Å². The first-order valence-electron chi connectivity index (χ1n) is 6.58. The second-order valence-electron chi connectivity index (χ2n) is 5.01. The summed E-state index contributed by atoms with van der Waals surface area (Å²) < 4.78 is 5.43. The third-order valence-electron chi connectivity index (χ3n) is 3.62. The van der Waals surface area contributed by atoms with Gasteiger partial charge in [-0.3, -0.25) is 0 Å². The molecule has 3 nitrogen and oxygen atoms in total. The minimum atomic E-state index is 0.279. The maximum absolute atomic E-state index is 5.95. The summed E-state index contributed by atoms with van der Waals surface area (Å²) in [5.74, 6) is 1.26. The molecule has 0 aliphatic heterocycles. The van der Waals surface area contributed by atoms with Gasteiger partial charge in [0.25, 0.3) is 0 Å². The zero-order valence-corrected chi connectivity index (χ0v) is 11.0. The van der Waals surface area contributed by atoms with Crippen LogP contribution in [0.2, 0.25) is 0 Å². The monoisotopic (exact) mass is 254 g/mol. The van der Waals surface area contributed by atoms with Crippen LogP contribution in [-0.4, -0.2) is 11.5 Å². The zero-order chi connectivity index (χ0) is 13.2. The largest absolute Gasteiger partial charge is 0.469 e. The zero-order valence-electron chi connectivity index (χ0n) is 11.0. The number of aromatic amines is 1. The number of rotatable bonds is 4. The number of aryl methyl sites for hydroxylation is 1. The molecular formula is C16H18N2O. The first kappa shape index (κ1) is 12.1. The molecule has 2 aromatic heterocycles. The Balaban J connectivity index is 1.99. The molecule has 0 fully saturated rings.